The zero-order chi connectivity index (χ0) is 6.57. The summed E-state index contributed by atoms with van der Waals surface area (Å²) in [6, 6.07) is 0. The molecular formula is C5H9O2S+. The molecule has 0 aromatic rings. The minimum Gasteiger partial charge on any atom is -0.303 e. The van der Waals surface area contributed by atoms with Crippen LogP contribution < -0.4 is 0 Å². The van der Waals surface area contributed by atoms with Crippen molar-refractivity contribution in [3.8, 4) is 0 Å². The van der Waals surface area contributed by atoms with Gasteiger partial charge in [0.05, 0.1) is 13.3 Å². The van der Waals surface area contributed by atoms with Crippen LogP contribution in [0.25, 0.3) is 0 Å². The Morgan fingerprint density at radius 1 is 1.88 bits per heavy atom. The van der Waals surface area contributed by atoms with E-state index in [0.29, 0.717) is 17.7 Å². The average molecular weight is 133 g/mol. The molecule has 46 valence electrons. The number of hydrogen-bond donors (Lipinski definition) is 1. The number of rotatable bonds is 3. The Balaban J connectivity index is 3.49. The normalized spacial score (nSPS) is 13.1. The molecule has 0 radical (unpaired) electrons. The summed E-state index contributed by atoms with van der Waals surface area (Å²) < 4.78 is 18.4. The molecule has 0 bridgehead atoms. The highest BCUT2D eigenvalue weighted by Crippen LogP contribution is 2.03. The molecule has 0 aliphatic rings. The molecular weight excluding hydrogens is 124 g/mol. The summed E-state index contributed by atoms with van der Waals surface area (Å²) in [5.41, 5.74) is 0. The van der Waals surface area contributed by atoms with Crippen LogP contribution in [0.5, 0.6) is 0 Å². The second-order valence-corrected chi connectivity index (χ2v) is 2.47. The van der Waals surface area contributed by atoms with Gasteiger partial charge in [0.15, 0.2) is 11.1 Å². The minimum atomic E-state index is -1.84. The maximum Gasteiger partial charge on any atom is 0.181 e. The SMILES string of the molecule is C=C(CC[CH2+])S(=O)O. The van der Waals surface area contributed by atoms with Crippen LogP contribution in [0.1, 0.15) is 12.8 Å². The van der Waals surface area contributed by atoms with E-state index in [1.807, 2.05) is 0 Å². The first-order valence-electron chi connectivity index (χ1n) is 2.26. The fourth-order valence-corrected chi connectivity index (χ4v) is 0.603. The predicted octanol–water partition coefficient (Wildman–Crippen LogP) is 1.34. The minimum absolute atomic E-state index is 0.347. The van der Waals surface area contributed by atoms with E-state index in [4.69, 9.17) is 4.55 Å². The van der Waals surface area contributed by atoms with Crippen molar-refractivity contribution in [2.75, 3.05) is 0 Å². The summed E-state index contributed by atoms with van der Waals surface area (Å²) >= 11 is -1.84. The Labute approximate surface area is 51.9 Å². The molecule has 8 heavy (non-hydrogen) atoms. The van der Waals surface area contributed by atoms with Gasteiger partial charge in [0.2, 0.25) is 0 Å². The Hall–Kier alpha value is -0.280. The molecule has 0 heterocycles. The summed E-state index contributed by atoms with van der Waals surface area (Å²) in [7, 11) is 0. The van der Waals surface area contributed by atoms with Crippen molar-refractivity contribution in [1.82, 2.24) is 0 Å². The molecule has 0 aliphatic carbocycles. The molecule has 0 aliphatic heterocycles. The van der Waals surface area contributed by atoms with Crippen molar-refractivity contribution in [2.24, 2.45) is 0 Å². The third-order valence-electron chi connectivity index (χ3n) is 0.703. The molecule has 0 saturated carbocycles. The zero-order valence-corrected chi connectivity index (χ0v) is 5.41. The van der Waals surface area contributed by atoms with Gasteiger partial charge in [0.1, 0.15) is 0 Å². The molecule has 0 amide bonds. The van der Waals surface area contributed by atoms with Gasteiger partial charge in [0, 0.05) is 11.3 Å². The van der Waals surface area contributed by atoms with Gasteiger partial charge in [-0.15, -0.1) is 0 Å². The molecule has 0 aromatic carbocycles. The van der Waals surface area contributed by atoms with Crippen LogP contribution in [0, 0.1) is 6.92 Å². The largest absolute Gasteiger partial charge is 0.303 e. The zero-order valence-electron chi connectivity index (χ0n) is 4.59. The van der Waals surface area contributed by atoms with Crippen molar-refractivity contribution in [2.45, 2.75) is 12.8 Å². The number of hydrogen-bond acceptors (Lipinski definition) is 1. The van der Waals surface area contributed by atoms with Crippen LogP contribution in [-0.4, -0.2) is 8.76 Å². The third-order valence-corrected chi connectivity index (χ3v) is 1.40. The van der Waals surface area contributed by atoms with E-state index in [9.17, 15) is 4.21 Å². The van der Waals surface area contributed by atoms with Gasteiger partial charge in [-0.2, -0.15) is 0 Å². The Kier molecular flexibility index (Phi) is 3.56. The first-order chi connectivity index (χ1) is 3.68. The second-order valence-electron chi connectivity index (χ2n) is 1.39. The van der Waals surface area contributed by atoms with E-state index in [2.05, 4.69) is 13.5 Å². The summed E-state index contributed by atoms with van der Waals surface area (Å²) in [6.07, 6.45) is 1.16. The first-order valence-corrected chi connectivity index (χ1v) is 3.37. The van der Waals surface area contributed by atoms with E-state index in [1.165, 1.54) is 0 Å². The quantitative estimate of drug-likeness (QED) is 0.466. The molecule has 1 unspecified atom stereocenters. The molecule has 0 rings (SSSR count). The van der Waals surface area contributed by atoms with Gasteiger partial charge in [0.25, 0.3) is 0 Å². The average Bonchev–Trinajstić information content (AvgIpc) is 1.67. The van der Waals surface area contributed by atoms with E-state index in [1.54, 1.807) is 0 Å². The third kappa shape index (κ3) is 2.82. The molecule has 2 nitrogen and oxygen atoms in total. The fraction of sp³-hybridized carbons (Fsp3) is 0.400. The maximum atomic E-state index is 10.1. The summed E-state index contributed by atoms with van der Waals surface area (Å²) in [5.74, 6) is 0. The number of allylic oxidation sites excluding steroid dienone is 1. The van der Waals surface area contributed by atoms with Gasteiger partial charge >= 0.3 is 0 Å². The first kappa shape index (κ1) is 7.72. The van der Waals surface area contributed by atoms with Crippen molar-refractivity contribution in [1.29, 1.82) is 0 Å². The molecule has 3 heteroatoms. The van der Waals surface area contributed by atoms with Crippen LogP contribution >= 0.6 is 0 Å². The van der Waals surface area contributed by atoms with Crippen LogP contribution in [0.4, 0.5) is 0 Å². The highest BCUT2D eigenvalue weighted by atomic mass is 32.2. The van der Waals surface area contributed by atoms with Crippen LogP contribution in [0.15, 0.2) is 11.5 Å². The maximum absolute atomic E-state index is 10.1. The van der Waals surface area contributed by atoms with Gasteiger partial charge < -0.3 is 4.55 Å². The van der Waals surface area contributed by atoms with Crippen molar-refractivity contribution < 1.29 is 8.76 Å². The second kappa shape index (κ2) is 3.69. The van der Waals surface area contributed by atoms with Crippen LogP contribution in [0.2, 0.25) is 0 Å². The van der Waals surface area contributed by atoms with Gasteiger partial charge in [-0.1, -0.05) is 6.58 Å². The van der Waals surface area contributed by atoms with Gasteiger partial charge in [-0.3, -0.25) is 0 Å². The van der Waals surface area contributed by atoms with E-state index >= 15 is 0 Å². The molecule has 1 atom stereocenters. The van der Waals surface area contributed by atoms with Crippen molar-refractivity contribution in [3.05, 3.63) is 18.4 Å². The Morgan fingerprint density at radius 2 is 2.38 bits per heavy atom. The lowest BCUT2D eigenvalue weighted by atomic mass is 10.3. The monoisotopic (exact) mass is 133 g/mol. The lowest BCUT2D eigenvalue weighted by molar-refractivity contribution is 0.569. The molecule has 0 aromatic heterocycles. The van der Waals surface area contributed by atoms with Gasteiger partial charge in [-0.05, 0) is 0 Å². The van der Waals surface area contributed by atoms with Crippen LogP contribution in [0.3, 0.4) is 0 Å². The molecule has 1 N–H and O–H groups in total. The topological polar surface area (TPSA) is 37.3 Å². The van der Waals surface area contributed by atoms with Crippen molar-refractivity contribution >= 4 is 11.1 Å². The van der Waals surface area contributed by atoms with E-state index in [-0.39, 0.29) is 0 Å². The lowest BCUT2D eigenvalue weighted by Gasteiger charge is -1.90. The molecule has 0 spiro atoms. The Morgan fingerprint density at radius 3 is 2.50 bits per heavy atom. The van der Waals surface area contributed by atoms with Crippen LogP contribution in [-0.2, 0) is 11.1 Å². The van der Waals surface area contributed by atoms with Gasteiger partial charge in [-0.25, -0.2) is 4.21 Å². The van der Waals surface area contributed by atoms with E-state index < -0.39 is 11.1 Å². The Bertz CT molecular complexity index is 109. The molecule has 0 saturated heterocycles. The highest BCUT2D eigenvalue weighted by Gasteiger charge is 1.98. The lowest BCUT2D eigenvalue weighted by Crippen LogP contribution is -1.89. The summed E-state index contributed by atoms with van der Waals surface area (Å²) in [4.78, 5) is 0.347. The highest BCUT2D eigenvalue weighted by molar-refractivity contribution is 7.83. The fourth-order valence-electron chi connectivity index (χ4n) is 0.284. The smallest absolute Gasteiger partial charge is 0.181 e. The summed E-state index contributed by atoms with van der Waals surface area (Å²) in [5, 5.41) is 0. The predicted molar refractivity (Wildman–Crippen MR) is 34.5 cm³/mol. The molecule has 0 fully saturated rings. The van der Waals surface area contributed by atoms with E-state index in [0.717, 1.165) is 0 Å². The summed E-state index contributed by atoms with van der Waals surface area (Å²) in [6.45, 7) is 6.86. The standard InChI is InChI=1S/C5H8O2S/c1-3-4-5(2)8(6)7/h1-4H2/p+1. The van der Waals surface area contributed by atoms with Crippen molar-refractivity contribution in [3.63, 3.8) is 0 Å².